The largest absolute Gasteiger partial charge is 0.423 e. The summed E-state index contributed by atoms with van der Waals surface area (Å²) >= 11 is 0. The van der Waals surface area contributed by atoms with E-state index >= 15 is 0 Å². The predicted octanol–water partition coefficient (Wildman–Crippen LogP) is 5.29. The topological polar surface area (TPSA) is 29.5 Å². The van der Waals surface area contributed by atoms with Gasteiger partial charge in [-0.25, -0.2) is 4.79 Å². The second-order valence-corrected chi connectivity index (χ2v) is 7.36. The van der Waals surface area contributed by atoms with Gasteiger partial charge in [0.1, 0.15) is 5.75 Å². The molecule has 0 aliphatic carbocycles. The molecule has 1 fully saturated rings. The Bertz CT molecular complexity index is 883. The minimum atomic E-state index is -0.323. The molecule has 4 rings (SSSR count). The normalized spacial score (nSPS) is 15.3. The number of ether oxygens (including phenoxy) is 1. The number of hydrogen-bond acceptors (Lipinski definition) is 3. The molecule has 0 atom stereocenters. The van der Waals surface area contributed by atoms with E-state index in [9.17, 15) is 4.79 Å². The molecule has 0 spiro atoms. The van der Waals surface area contributed by atoms with Crippen molar-refractivity contribution in [3.8, 4) is 5.75 Å². The van der Waals surface area contributed by atoms with Crippen LogP contribution in [0.5, 0.6) is 5.75 Å². The van der Waals surface area contributed by atoms with Crippen molar-refractivity contribution in [2.75, 3.05) is 13.1 Å². The van der Waals surface area contributed by atoms with Gasteiger partial charge >= 0.3 is 5.97 Å². The van der Waals surface area contributed by atoms with Crippen LogP contribution in [0.4, 0.5) is 0 Å². The molecule has 3 aromatic rings. The van der Waals surface area contributed by atoms with E-state index in [1.807, 2.05) is 30.3 Å². The van der Waals surface area contributed by atoms with Crippen molar-refractivity contribution < 1.29 is 9.53 Å². The molecule has 1 saturated heterocycles. The molecular formula is C25H25NO2. The van der Waals surface area contributed by atoms with Crippen LogP contribution in [0.25, 0.3) is 0 Å². The molecule has 0 amide bonds. The maximum Gasteiger partial charge on any atom is 0.343 e. The number of carbonyl (C=O) groups excluding carboxylic acids is 1. The summed E-state index contributed by atoms with van der Waals surface area (Å²) in [6.07, 6.45) is 2.41. The van der Waals surface area contributed by atoms with E-state index in [0.717, 1.165) is 19.6 Å². The van der Waals surface area contributed by atoms with Gasteiger partial charge in [0.2, 0.25) is 0 Å². The summed E-state index contributed by atoms with van der Waals surface area (Å²) in [5.41, 5.74) is 3.28. The van der Waals surface area contributed by atoms with Gasteiger partial charge in [-0.3, -0.25) is 4.90 Å². The van der Waals surface area contributed by atoms with Crippen LogP contribution in [0.3, 0.4) is 0 Å². The number of likely N-dealkylation sites (tertiary alicyclic amines) is 1. The highest BCUT2D eigenvalue weighted by atomic mass is 16.5. The van der Waals surface area contributed by atoms with Crippen molar-refractivity contribution in [1.82, 2.24) is 4.90 Å². The van der Waals surface area contributed by atoms with Crippen molar-refractivity contribution in [3.63, 3.8) is 0 Å². The van der Waals surface area contributed by atoms with Crippen molar-refractivity contribution in [2.24, 2.45) is 0 Å². The summed E-state index contributed by atoms with van der Waals surface area (Å²) in [7, 11) is 0. The molecule has 3 heteroatoms. The first-order chi connectivity index (χ1) is 13.8. The first kappa shape index (κ1) is 18.5. The van der Waals surface area contributed by atoms with Gasteiger partial charge < -0.3 is 4.74 Å². The van der Waals surface area contributed by atoms with E-state index in [2.05, 4.69) is 47.4 Å². The minimum absolute atomic E-state index is 0.323. The van der Waals surface area contributed by atoms with E-state index in [1.54, 1.807) is 12.1 Å². The summed E-state index contributed by atoms with van der Waals surface area (Å²) in [6, 6.07) is 27.8. The molecule has 0 bridgehead atoms. The summed E-state index contributed by atoms with van der Waals surface area (Å²) in [6.45, 7) is 3.17. The van der Waals surface area contributed by atoms with Gasteiger partial charge in [0, 0.05) is 6.54 Å². The van der Waals surface area contributed by atoms with Crippen LogP contribution in [0.2, 0.25) is 0 Å². The summed E-state index contributed by atoms with van der Waals surface area (Å²) in [5, 5.41) is 0. The van der Waals surface area contributed by atoms with E-state index in [0.29, 0.717) is 17.2 Å². The van der Waals surface area contributed by atoms with Crippen molar-refractivity contribution in [3.05, 3.63) is 102 Å². The van der Waals surface area contributed by atoms with E-state index < -0.39 is 0 Å². The van der Waals surface area contributed by atoms with Crippen LogP contribution in [-0.4, -0.2) is 24.0 Å². The summed E-state index contributed by atoms with van der Waals surface area (Å²) in [5.74, 6) is 0.939. The van der Waals surface area contributed by atoms with Gasteiger partial charge in [-0.05, 0) is 67.2 Å². The lowest BCUT2D eigenvalue weighted by molar-refractivity contribution is 0.0734. The molecule has 0 N–H and O–H groups in total. The smallest absolute Gasteiger partial charge is 0.343 e. The number of rotatable bonds is 5. The fourth-order valence-electron chi connectivity index (χ4n) is 3.81. The van der Waals surface area contributed by atoms with E-state index in [-0.39, 0.29) is 5.97 Å². The van der Waals surface area contributed by atoms with Gasteiger partial charge in [0.05, 0.1) is 5.56 Å². The Hall–Kier alpha value is -2.91. The number of esters is 1. The zero-order valence-corrected chi connectivity index (χ0v) is 16.0. The van der Waals surface area contributed by atoms with Crippen molar-refractivity contribution in [2.45, 2.75) is 25.3 Å². The van der Waals surface area contributed by atoms with Crippen LogP contribution in [0.1, 0.15) is 40.2 Å². The maximum absolute atomic E-state index is 12.1. The number of benzene rings is 3. The minimum Gasteiger partial charge on any atom is -0.423 e. The van der Waals surface area contributed by atoms with Crippen LogP contribution in [0, 0.1) is 0 Å². The second kappa shape index (κ2) is 8.85. The molecular weight excluding hydrogens is 346 g/mol. The average Bonchev–Trinajstić information content (AvgIpc) is 2.77. The first-order valence-electron chi connectivity index (χ1n) is 9.91. The summed E-state index contributed by atoms with van der Waals surface area (Å²) in [4.78, 5) is 14.6. The number of hydrogen-bond donors (Lipinski definition) is 0. The number of carbonyl (C=O) groups is 1. The Morgan fingerprint density at radius 2 is 1.43 bits per heavy atom. The Labute approximate surface area is 166 Å². The summed E-state index contributed by atoms with van der Waals surface area (Å²) < 4.78 is 5.46. The molecule has 0 unspecified atom stereocenters. The Balaban J connectivity index is 1.29. The van der Waals surface area contributed by atoms with Crippen molar-refractivity contribution in [1.29, 1.82) is 0 Å². The van der Waals surface area contributed by atoms with E-state index in [4.69, 9.17) is 4.74 Å². The molecule has 0 radical (unpaired) electrons. The van der Waals surface area contributed by atoms with Crippen LogP contribution >= 0.6 is 0 Å². The zero-order valence-electron chi connectivity index (χ0n) is 16.0. The molecule has 28 heavy (non-hydrogen) atoms. The standard InChI is InChI=1S/C25H25NO2/c27-25(23-9-5-2-6-10-23)28-24-13-11-20(12-14-24)19-26-17-15-22(16-18-26)21-7-3-1-4-8-21/h1-14,22H,15-19H2. The molecule has 142 valence electrons. The molecule has 0 aromatic heterocycles. The molecule has 1 aliphatic rings. The predicted molar refractivity (Wildman–Crippen MR) is 112 cm³/mol. The van der Waals surface area contributed by atoms with Gasteiger partial charge in [0.15, 0.2) is 0 Å². The van der Waals surface area contributed by atoms with Crippen molar-refractivity contribution >= 4 is 5.97 Å². The quantitative estimate of drug-likeness (QED) is 0.451. The fraction of sp³-hybridized carbons (Fsp3) is 0.240. The highest BCUT2D eigenvalue weighted by Crippen LogP contribution is 2.28. The molecule has 3 aromatic carbocycles. The Morgan fingerprint density at radius 1 is 0.821 bits per heavy atom. The van der Waals surface area contributed by atoms with Gasteiger partial charge in [-0.15, -0.1) is 0 Å². The Morgan fingerprint density at radius 3 is 2.07 bits per heavy atom. The zero-order chi connectivity index (χ0) is 19.2. The van der Waals surface area contributed by atoms with Crippen LogP contribution < -0.4 is 4.74 Å². The molecule has 0 saturated carbocycles. The molecule has 3 nitrogen and oxygen atoms in total. The first-order valence-corrected chi connectivity index (χ1v) is 9.91. The van der Waals surface area contributed by atoms with Gasteiger partial charge in [0.25, 0.3) is 0 Å². The molecule has 1 aliphatic heterocycles. The molecule has 1 heterocycles. The number of piperidine rings is 1. The third kappa shape index (κ3) is 4.68. The monoisotopic (exact) mass is 371 g/mol. The van der Waals surface area contributed by atoms with Crippen LogP contribution in [0.15, 0.2) is 84.9 Å². The second-order valence-electron chi connectivity index (χ2n) is 7.36. The Kier molecular flexibility index (Phi) is 5.83. The lowest BCUT2D eigenvalue weighted by Gasteiger charge is -2.32. The maximum atomic E-state index is 12.1. The third-order valence-corrected chi connectivity index (χ3v) is 5.41. The van der Waals surface area contributed by atoms with Crippen LogP contribution in [-0.2, 0) is 6.54 Å². The SMILES string of the molecule is O=C(Oc1ccc(CN2CCC(c3ccccc3)CC2)cc1)c1ccccc1. The number of nitrogens with zero attached hydrogens (tertiary/aromatic N) is 1. The highest BCUT2D eigenvalue weighted by molar-refractivity contribution is 5.90. The van der Waals surface area contributed by atoms with Gasteiger partial charge in [-0.2, -0.15) is 0 Å². The fourth-order valence-corrected chi connectivity index (χ4v) is 3.81. The average molecular weight is 371 g/mol. The van der Waals surface area contributed by atoms with E-state index in [1.165, 1.54) is 24.0 Å². The third-order valence-electron chi connectivity index (χ3n) is 5.41. The lowest BCUT2D eigenvalue weighted by Crippen LogP contribution is -2.32. The highest BCUT2D eigenvalue weighted by Gasteiger charge is 2.20. The lowest BCUT2D eigenvalue weighted by atomic mass is 9.89. The van der Waals surface area contributed by atoms with Gasteiger partial charge in [-0.1, -0.05) is 60.7 Å².